The third-order valence-electron chi connectivity index (χ3n) is 5.45. The van der Waals surface area contributed by atoms with Crippen LogP contribution in [0.3, 0.4) is 0 Å². The second kappa shape index (κ2) is 7.29. The molecular weight excluding hydrogens is 382 g/mol. The molecular formula is C23H19N3O2S. The lowest BCUT2D eigenvalue weighted by molar-refractivity contribution is -0.134. The topological polar surface area (TPSA) is 55.2 Å². The van der Waals surface area contributed by atoms with Crippen LogP contribution in [0, 0.1) is 0 Å². The van der Waals surface area contributed by atoms with Gasteiger partial charge in [0.1, 0.15) is 6.54 Å². The van der Waals surface area contributed by atoms with Crippen molar-refractivity contribution in [3.8, 4) is 0 Å². The second-order valence-electron chi connectivity index (χ2n) is 7.14. The van der Waals surface area contributed by atoms with E-state index in [-0.39, 0.29) is 24.1 Å². The molecule has 4 aromatic rings. The normalized spacial score (nSPS) is 16.0. The SMILES string of the molecule is O=C(Cn1ncc2ccccc2c1=O)N1CCc2sccc2[C@@H]1c1ccccc1. The zero-order valence-electron chi connectivity index (χ0n) is 15.7. The molecule has 3 heterocycles. The Labute approximate surface area is 171 Å². The predicted octanol–water partition coefficient (Wildman–Crippen LogP) is 3.63. The Balaban J connectivity index is 1.50. The summed E-state index contributed by atoms with van der Waals surface area (Å²) in [5.74, 6) is -0.0967. The summed E-state index contributed by atoms with van der Waals surface area (Å²) in [6.45, 7) is 0.570. The highest BCUT2D eigenvalue weighted by Gasteiger charge is 2.32. The molecule has 1 aliphatic heterocycles. The van der Waals surface area contributed by atoms with Gasteiger partial charge in [-0.1, -0.05) is 48.5 Å². The van der Waals surface area contributed by atoms with E-state index in [0.717, 1.165) is 17.4 Å². The molecule has 144 valence electrons. The first-order valence-corrected chi connectivity index (χ1v) is 10.5. The van der Waals surface area contributed by atoms with E-state index < -0.39 is 0 Å². The van der Waals surface area contributed by atoms with Crippen molar-refractivity contribution in [3.63, 3.8) is 0 Å². The maximum absolute atomic E-state index is 13.3. The highest BCUT2D eigenvalue weighted by molar-refractivity contribution is 7.10. The molecule has 5 nitrogen and oxygen atoms in total. The van der Waals surface area contributed by atoms with E-state index in [1.807, 2.05) is 41.3 Å². The van der Waals surface area contributed by atoms with Gasteiger partial charge >= 0.3 is 0 Å². The van der Waals surface area contributed by atoms with Gasteiger partial charge in [-0.2, -0.15) is 5.10 Å². The molecule has 0 unspecified atom stereocenters. The number of nitrogens with zero attached hydrogens (tertiary/aromatic N) is 3. The first-order chi connectivity index (χ1) is 14.2. The van der Waals surface area contributed by atoms with Gasteiger partial charge in [0.15, 0.2) is 0 Å². The van der Waals surface area contributed by atoms with Crippen LogP contribution in [-0.2, 0) is 17.8 Å². The number of rotatable bonds is 3. The van der Waals surface area contributed by atoms with E-state index >= 15 is 0 Å². The number of carbonyl (C=O) groups excluding carboxylic acids is 1. The molecule has 0 N–H and O–H groups in total. The minimum Gasteiger partial charge on any atom is -0.330 e. The van der Waals surface area contributed by atoms with Gasteiger partial charge < -0.3 is 4.90 Å². The molecule has 0 spiro atoms. The molecule has 0 fully saturated rings. The third kappa shape index (κ3) is 3.15. The Morgan fingerprint density at radius 3 is 2.72 bits per heavy atom. The number of aromatic nitrogens is 2. The van der Waals surface area contributed by atoms with E-state index in [1.54, 1.807) is 23.6 Å². The monoisotopic (exact) mass is 401 g/mol. The first-order valence-electron chi connectivity index (χ1n) is 9.58. The summed E-state index contributed by atoms with van der Waals surface area (Å²) >= 11 is 1.74. The molecule has 0 saturated heterocycles. The van der Waals surface area contributed by atoms with Crippen LogP contribution >= 0.6 is 11.3 Å². The van der Waals surface area contributed by atoms with E-state index in [2.05, 4.69) is 28.7 Å². The smallest absolute Gasteiger partial charge is 0.275 e. The summed E-state index contributed by atoms with van der Waals surface area (Å²) in [5, 5.41) is 7.68. The molecule has 1 aliphatic rings. The van der Waals surface area contributed by atoms with Gasteiger partial charge in [0.25, 0.3) is 5.56 Å². The molecule has 2 aromatic heterocycles. The molecule has 1 atom stereocenters. The Morgan fingerprint density at radius 1 is 1.07 bits per heavy atom. The molecule has 29 heavy (non-hydrogen) atoms. The Kier molecular flexibility index (Phi) is 4.48. The Hall–Kier alpha value is -3.25. The van der Waals surface area contributed by atoms with E-state index in [1.165, 1.54) is 15.1 Å². The number of hydrogen-bond donors (Lipinski definition) is 0. The summed E-state index contributed by atoms with van der Waals surface area (Å²) in [7, 11) is 0. The lowest BCUT2D eigenvalue weighted by Gasteiger charge is -2.36. The van der Waals surface area contributed by atoms with Crippen LogP contribution in [0.4, 0.5) is 0 Å². The molecule has 0 aliphatic carbocycles. The molecule has 2 aromatic carbocycles. The van der Waals surface area contributed by atoms with Crippen LogP contribution in [0.1, 0.15) is 22.0 Å². The van der Waals surface area contributed by atoms with Crippen LogP contribution in [0.15, 0.2) is 77.0 Å². The average Bonchev–Trinajstić information content (AvgIpc) is 3.24. The molecule has 0 saturated carbocycles. The molecule has 0 radical (unpaired) electrons. The molecule has 1 amide bonds. The van der Waals surface area contributed by atoms with Crippen molar-refractivity contribution < 1.29 is 4.79 Å². The van der Waals surface area contributed by atoms with E-state index in [0.29, 0.717) is 11.9 Å². The third-order valence-corrected chi connectivity index (χ3v) is 6.44. The molecule has 5 rings (SSSR count). The van der Waals surface area contributed by atoms with Crippen LogP contribution in [0.5, 0.6) is 0 Å². The number of carbonyl (C=O) groups is 1. The standard InChI is InChI=1S/C23H19N3O2S/c27-21(15-26-23(28)18-9-5-4-8-17(18)14-24-26)25-12-10-20-19(11-13-29-20)22(25)16-6-2-1-3-7-16/h1-9,11,13-14,22H,10,12,15H2/t22-/m0/s1. The maximum atomic E-state index is 13.3. The number of thiophene rings is 1. The quantitative estimate of drug-likeness (QED) is 0.527. The second-order valence-corrected chi connectivity index (χ2v) is 8.14. The van der Waals surface area contributed by atoms with Crippen LogP contribution < -0.4 is 5.56 Å². The summed E-state index contributed by atoms with van der Waals surface area (Å²) < 4.78 is 1.27. The van der Waals surface area contributed by atoms with Gasteiger partial charge in [-0.3, -0.25) is 9.59 Å². The zero-order chi connectivity index (χ0) is 19.8. The fraction of sp³-hybridized carbons (Fsp3) is 0.174. The minimum atomic E-state index is -0.235. The maximum Gasteiger partial charge on any atom is 0.275 e. The van der Waals surface area contributed by atoms with Gasteiger partial charge in [0.05, 0.1) is 17.6 Å². The van der Waals surface area contributed by atoms with E-state index in [9.17, 15) is 9.59 Å². The predicted molar refractivity (Wildman–Crippen MR) is 114 cm³/mol. The Bertz CT molecular complexity index is 1250. The van der Waals surface area contributed by atoms with Gasteiger partial charge in [-0.05, 0) is 35.1 Å². The number of benzene rings is 2. The van der Waals surface area contributed by atoms with Gasteiger partial charge in [0, 0.05) is 16.8 Å². The van der Waals surface area contributed by atoms with Crippen LogP contribution in [0.2, 0.25) is 0 Å². The van der Waals surface area contributed by atoms with Crippen molar-refractivity contribution in [1.82, 2.24) is 14.7 Å². The minimum absolute atomic E-state index is 0.0630. The average molecular weight is 401 g/mol. The number of hydrogen-bond acceptors (Lipinski definition) is 4. The highest BCUT2D eigenvalue weighted by Crippen LogP contribution is 2.37. The summed E-state index contributed by atoms with van der Waals surface area (Å²) in [4.78, 5) is 29.3. The van der Waals surface area contributed by atoms with E-state index in [4.69, 9.17) is 0 Å². The van der Waals surface area contributed by atoms with Crippen molar-refractivity contribution in [2.24, 2.45) is 0 Å². The summed E-state index contributed by atoms with van der Waals surface area (Å²) in [6.07, 6.45) is 2.48. The lowest BCUT2D eigenvalue weighted by atomic mass is 9.93. The lowest BCUT2D eigenvalue weighted by Crippen LogP contribution is -2.43. The number of fused-ring (bicyclic) bond motifs is 2. The van der Waals surface area contributed by atoms with Crippen LogP contribution in [0.25, 0.3) is 10.8 Å². The summed E-state index contributed by atoms with van der Waals surface area (Å²) in [5.41, 5.74) is 2.03. The van der Waals surface area contributed by atoms with Crippen molar-refractivity contribution >= 4 is 28.0 Å². The molecule has 6 heteroatoms. The van der Waals surface area contributed by atoms with Crippen molar-refractivity contribution in [2.75, 3.05) is 6.54 Å². The van der Waals surface area contributed by atoms with Crippen molar-refractivity contribution in [1.29, 1.82) is 0 Å². The highest BCUT2D eigenvalue weighted by atomic mass is 32.1. The van der Waals surface area contributed by atoms with Gasteiger partial charge in [-0.25, -0.2) is 4.68 Å². The fourth-order valence-electron chi connectivity index (χ4n) is 4.04. The van der Waals surface area contributed by atoms with Crippen molar-refractivity contribution in [3.05, 3.63) is 98.6 Å². The van der Waals surface area contributed by atoms with Crippen LogP contribution in [-0.4, -0.2) is 27.1 Å². The van der Waals surface area contributed by atoms with Gasteiger partial charge in [0.2, 0.25) is 5.91 Å². The largest absolute Gasteiger partial charge is 0.330 e. The Morgan fingerprint density at radius 2 is 1.86 bits per heavy atom. The zero-order valence-corrected chi connectivity index (χ0v) is 16.5. The number of amides is 1. The first kappa shape index (κ1) is 17.8. The summed E-state index contributed by atoms with van der Waals surface area (Å²) in [6, 6.07) is 19.4. The van der Waals surface area contributed by atoms with Crippen molar-refractivity contribution in [2.45, 2.75) is 19.0 Å². The van der Waals surface area contributed by atoms with Gasteiger partial charge in [-0.15, -0.1) is 11.3 Å². The molecule has 0 bridgehead atoms. The fourth-order valence-corrected chi connectivity index (χ4v) is 4.94.